The van der Waals surface area contributed by atoms with Crippen LogP contribution in [0.3, 0.4) is 0 Å². The first kappa shape index (κ1) is 35.1. The van der Waals surface area contributed by atoms with Crippen LogP contribution in [-0.4, -0.2) is 89.5 Å². The van der Waals surface area contributed by atoms with Crippen LogP contribution < -0.4 is 19.7 Å². The number of benzene rings is 2. The van der Waals surface area contributed by atoms with Gasteiger partial charge in [0.2, 0.25) is 0 Å². The minimum atomic E-state index is -4.24. The first-order valence-electron chi connectivity index (χ1n) is 17.7. The van der Waals surface area contributed by atoms with Crippen molar-refractivity contribution in [2.75, 3.05) is 51.3 Å². The number of carbonyl (C=O) groups excluding carboxylic acids is 2. The smallest absolute Gasteiger partial charge is 0.410 e. The molecule has 270 valence electrons. The van der Waals surface area contributed by atoms with E-state index in [0.717, 1.165) is 38.5 Å². The Kier molecular flexibility index (Phi) is 9.59. The summed E-state index contributed by atoms with van der Waals surface area (Å²) in [6, 6.07) is 11.1. The molecule has 0 radical (unpaired) electrons. The predicted octanol–water partition coefficient (Wildman–Crippen LogP) is 4.81. The minimum absolute atomic E-state index is 0.0322. The van der Waals surface area contributed by atoms with Gasteiger partial charge in [0.1, 0.15) is 17.5 Å². The molecule has 0 aromatic heterocycles. The van der Waals surface area contributed by atoms with Crippen molar-refractivity contribution < 1.29 is 32.2 Å². The number of fused-ring (bicyclic) bond motifs is 4. The highest BCUT2D eigenvalue weighted by molar-refractivity contribution is 7.90. The molecule has 11 nitrogen and oxygen atoms in total. The van der Waals surface area contributed by atoms with Crippen LogP contribution in [0.15, 0.2) is 53.4 Å². The number of anilines is 1. The van der Waals surface area contributed by atoms with Crippen LogP contribution in [0.1, 0.15) is 57.1 Å². The molecule has 1 saturated carbocycles. The van der Waals surface area contributed by atoms with Crippen LogP contribution in [-0.2, 0) is 36.1 Å². The molecule has 3 heterocycles. The van der Waals surface area contributed by atoms with Gasteiger partial charge in [0, 0.05) is 48.6 Å². The fourth-order valence-corrected chi connectivity index (χ4v) is 9.55. The minimum Gasteiger partial charge on any atom is -0.490 e. The van der Waals surface area contributed by atoms with Gasteiger partial charge in [-0.1, -0.05) is 23.7 Å². The number of ether oxygens (including phenoxy) is 3. The van der Waals surface area contributed by atoms with Crippen molar-refractivity contribution in [3.05, 3.63) is 64.7 Å². The lowest BCUT2D eigenvalue weighted by Crippen LogP contribution is -2.50. The van der Waals surface area contributed by atoms with Gasteiger partial charge in [-0.05, 0) is 113 Å². The van der Waals surface area contributed by atoms with Crippen molar-refractivity contribution in [1.82, 2.24) is 14.9 Å². The normalized spacial score (nSPS) is 30.9. The monoisotopic (exact) mass is 726 g/mol. The summed E-state index contributed by atoms with van der Waals surface area (Å²) in [5.74, 6) is -0.00448. The lowest BCUT2D eigenvalue weighted by Gasteiger charge is -2.46. The number of rotatable bonds is 2. The Labute approximate surface area is 299 Å². The molecule has 2 bridgehead atoms. The SMILES string of the molecule is CN[C@@H]1CCN(C(=O)O[C@H]2/C=C\COC(C)(C)C(=O)NS(=O)(=O)c3ccc4c(c3)N(C[C@@H]3CC[C@H]32)C[C@@]2(CCCc3cc(Cl)ccc32)CO4)C1. The third kappa shape index (κ3) is 6.83. The average Bonchev–Trinajstić information content (AvgIpc) is 3.50. The van der Waals surface area contributed by atoms with Gasteiger partial charge in [0.25, 0.3) is 15.9 Å². The molecule has 5 atom stereocenters. The molecule has 50 heavy (non-hydrogen) atoms. The Balaban J connectivity index is 1.27. The summed E-state index contributed by atoms with van der Waals surface area (Å²) in [5.41, 5.74) is 1.27. The molecule has 1 saturated heterocycles. The van der Waals surface area contributed by atoms with E-state index in [0.29, 0.717) is 49.2 Å². The second-order valence-electron chi connectivity index (χ2n) is 15.0. The first-order valence-corrected chi connectivity index (χ1v) is 19.5. The van der Waals surface area contributed by atoms with Crippen molar-refractivity contribution in [2.24, 2.45) is 11.8 Å². The molecule has 2 aliphatic carbocycles. The van der Waals surface area contributed by atoms with Crippen LogP contribution in [0.4, 0.5) is 10.5 Å². The molecular weight excluding hydrogens is 680 g/mol. The molecule has 3 aliphatic heterocycles. The van der Waals surface area contributed by atoms with E-state index in [1.807, 2.05) is 19.2 Å². The van der Waals surface area contributed by atoms with E-state index in [1.54, 1.807) is 23.1 Å². The van der Waals surface area contributed by atoms with Crippen molar-refractivity contribution in [2.45, 2.75) is 80.4 Å². The Morgan fingerprint density at radius 2 is 1.96 bits per heavy atom. The highest BCUT2D eigenvalue weighted by atomic mass is 35.5. The van der Waals surface area contributed by atoms with Gasteiger partial charge in [-0.25, -0.2) is 17.9 Å². The maximum atomic E-state index is 13.6. The maximum Gasteiger partial charge on any atom is 0.410 e. The fraction of sp³-hybridized carbons (Fsp3) is 0.568. The van der Waals surface area contributed by atoms with Crippen molar-refractivity contribution >= 4 is 39.3 Å². The largest absolute Gasteiger partial charge is 0.490 e. The van der Waals surface area contributed by atoms with E-state index in [-0.39, 0.29) is 40.9 Å². The van der Waals surface area contributed by atoms with Gasteiger partial charge in [0.05, 0.1) is 23.8 Å². The number of hydrogen-bond acceptors (Lipinski definition) is 9. The second kappa shape index (κ2) is 13.7. The summed E-state index contributed by atoms with van der Waals surface area (Å²) < 4.78 is 48.2. The van der Waals surface area contributed by atoms with Crippen molar-refractivity contribution in [3.63, 3.8) is 0 Å². The number of nitrogens with zero attached hydrogens (tertiary/aromatic N) is 2. The molecule has 2 N–H and O–H groups in total. The quantitative estimate of drug-likeness (QED) is 0.420. The zero-order chi connectivity index (χ0) is 35.3. The Morgan fingerprint density at radius 1 is 1.12 bits per heavy atom. The number of nitrogens with one attached hydrogen (secondary N) is 2. The van der Waals surface area contributed by atoms with Gasteiger partial charge < -0.3 is 29.3 Å². The number of likely N-dealkylation sites (tertiary alicyclic amines) is 1. The van der Waals surface area contributed by atoms with Gasteiger partial charge in [-0.2, -0.15) is 0 Å². The number of likely N-dealkylation sites (N-methyl/N-ethyl adjacent to an activating group) is 1. The van der Waals surface area contributed by atoms with Crippen LogP contribution in [0, 0.1) is 11.8 Å². The number of carbonyl (C=O) groups is 2. The van der Waals surface area contributed by atoms with E-state index < -0.39 is 27.6 Å². The molecular formula is C37H47ClN4O7S. The lowest BCUT2D eigenvalue weighted by atomic mass is 9.68. The third-order valence-electron chi connectivity index (χ3n) is 11.4. The summed E-state index contributed by atoms with van der Waals surface area (Å²) in [7, 11) is -2.33. The number of halogens is 1. The van der Waals surface area contributed by atoms with Crippen molar-refractivity contribution in [3.8, 4) is 5.75 Å². The van der Waals surface area contributed by atoms with Crippen molar-refractivity contribution in [1.29, 1.82) is 0 Å². The van der Waals surface area contributed by atoms with E-state index in [1.165, 1.54) is 31.0 Å². The van der Waals surface area contributed by atoms with E-state index >= 15 is 0 Å². The topological polar surface area (TPSA) is 127 Å². The Hall–Kier alpha value is -3.32. The Bertz CT molecular complexity index is 1780. The average molecular weight is 727 g/mol. The molecule has 2 aromatic rings. The van der Waals surface area contributed by atoms with E-state index in [2.05, 4.69) is 27.1 Å². The zero-order valence-corrected chi connectivity index (χ0v) is 30.5. The number of aryl methyl sites for hydroxylation is 1. The molecule has 1 spiro atoms. The highest BCUT2D eigenvalue weighted by Gasteiger charge is 2.45. The highest BCUT2D eigenvalue weighted by Crippen LogP contribution is 2.47. The number of sulfonamides is 1. The lowest BCUT2D eigenvalue weighted by molar-refractivity contribution is -0.139. The molecule has 0 unspecified atom stereocenters. The molecule has 2 amide bonds. The van der Waals surface area contributed by atoms with Crippen LogP contribution in [0.2, 0.25) is 5.02 Å². The maximum absolute atomic E-state index is 13.6. The van der Waals surface area contributed by atoms with Gasteiger partial charge in [-0.3, -0.25) is 4.79 Å². The number of amides is 2. The first-order chi connectivity index (χ1) is 23.9. The second-order valence-corrected chi connectivity index (χ2v) is 17.1. The van der Waals surface area contributed by atoms with Crippen LogP contribution in [0.25, 0.3) is 0 Å². The standard InChI is InChI=1S/C37H47ClN4O7S/c1-36(2)34(43)40-50(45,46)28-10-13-33-31(19-28)42(22-37(23-47-33)15-4-6-24-18-26(38)9-12-30(24)37)20-25-8-11-29(25)32(7-5-17-48-36)49-35(44)41-16-14-27(21-41)39-3/h5,7,9-10,12-13,18-19,25,27,29,32,39H,4,6,8,11,14-17,20-23H2,1-3H3,(H,40,43)/b7-5-/t25-,27+,29+,32-,37-/m0/s1. The van der Waals surface area contributed by atoms with E-state index in [4.69, 9.17) is 25.8 Å². The summed E-state index contributed by atoms with van der Waals surface area (Å²) >= 11 is 6.44. The third-order valence-corrected chi connectivity index (χ3v) is 13.0. The van der Waals surface area contributed by atoms with Gasteiger partial charge >= 0.3 is 6.09 Å². The van der Waals surface area contributed by atoms with E-state index in [9.17, 15) is 18.0 Å². The molecule has 7 rings (SSSR count). The molecule has 2 aromatic carbocycles. The summed E-state index contributed by atoms with van der Waals surface area (Å²) in [5, 5.41) is 3.96. The van der Waals surface area contributed by atoms with Gasteiger partial charge in [0.15, 0.2) is 0 Å². The summed E-state index contributed by atoms with van der Waals surface area (Å²) in [4.78, 5) is 30.7. The molecule has 2 fully saturated rings. The van der Waals surface area contributed by atoms with Crippen LogP contribution in [0.5, 0.6) is 5.75 Å². The van der Waals surface area contributed by atoms with Gasteiger partial charge in [-0.15, -0.1) is 0 Å². The predicted molar refractivity (Wildman–Crippen MR) is 190 cm³/mol. The molecule has 13 heteroatoms. The van der Waals surface area contributed by atoms with Crippen LogP contribution >= 0.6 is 11.6 Å². The molecule has 5 aliphatic rings. The Morgan fingerprint density at radius 3 is 2.72 bits per heavy atom. The summed E-state index contributed by atoms with van der Waals surface area (Å²) in [6.45, 7) is 5.96. The summed E-state index contributed by atoms with van der Waals surface area (Å²) in [6.07, 6.45) is 8.30. The number of hydrogen-bond donors (Lipinski definition) is 2. The fourth-order valence-electron chi connectivity index (χ4n) is 8.24. The zero-order valence-electron chi connectivity index (χ0n) is 29.0.